The van der Waals surface area contributed by atoms with Crippen molar-refractivity contribution >= 4 is 0 Å². The molecule has 2 heteroatoms. The second-order valence-electron chi connectivity index (χ2n) is 5.42. The van der Waals surface area contributed by atoms with Crippen LogP contribution in [0.2, 0.25) is 0 Å². The molecule has 1 rings (SSSR count). The van der Waals surface area contributed by atoms with Crippen molar-refractivity contribution in [2.45, 2.75) is 53.0 Å². The van der Waals surface area contributed by atoms with E-state index in [-0.39, 0.29) is 0 Å². The maximum Gasteiger partial charge on any atom is 0.0332 e. The number of nitrogens with one attached hydrogen (secondary N) is 1. The third-order valence-corrected chi connectivity index (χ3v) is 4.06. The van der Waals surface area contributed by atoms with E-state index < -0.39 is 0 Å². The quantitative estimate of drug-likeness (QED) is 0.694. The highest BCUT2D eigenvalue weighted by Gasteiger charge is 2.12. The molecule has 0 saturated carbocycles. The number of aryl methyl sites for hydroxylation is 1. The molecule has 20 heavy (non-hydrogen) atoms. The van der Waals surface area contributed by atoms with Crippen LogP contribution in [0.25, 0.3) is 0 Å². The van der Waals surface area contributed by atoms with E-state index in [1.165, 1.54) is 30.5 Å². The molecular formula is C18H32N2. The van der Waals surface area contributed by atoms with E-state index in [0.717, 1.165) is 26.1 Å². The first kappa shape index (κ1) is 17.2. The molecule has 0 bridgehead atoms. The van der Waals surface area contributed by atoms with Crippen molar-refractivity contribution in [2.75, 3.05) is 26.2 Å². The summed E-state index contributed by atoms with van der Waals surface area (Å²) in [7, 11) is 0. The van der Waals surface area contributed by atoms with Gasteiger partial charge >= 0.3 is 0 Å². The monoisotopic (exact) mass is 276 g/mol. The van der Waals surface area contributed by atoms with E-state index in [4.69, 9.17) is 0 Å². The Balaban J connectivity index is 2.66. The Bertz CT molecular complexity index is 341. The molecule has 0 radical (unpaired) electrons. The van der Waals surface area contributed by atoms with Gasteiger partial charge in [-0.1, -0.05) is 52.0 Å². The molecule has 0 fully saturated rings. The van der Waals surface area contributed by atoms with E-state index in [1.54, 1.807) is 0 Å². The minimum Gasteiger partial charge on any atom is -0.310 e. The lowest BCUT2D eigenvalue weighted by Gasteiger charge is -2.24. The van der Waals surface area contributed by atoms with Crippen LogP contribution < -0.4 is 5.32 Å². The Morgan fingerprint density at radius 1 is 1.00 bits per heavy atom. The molecular weight excluding hydrogens is 244 g/mol. The largest absolute Gasteiger partial charge is 0.310 e. The molecule has 0 aliphatic carbocycles. The highest BCUT2D eigenvalue weighted by Crippen LogP contribution is 2.18. The molecule has 0 saturated heterocycles. The fourth-order valence-electron chi connectivity index (χ4n) is 2.54. The molecule has 0 aromatic heterocycles. The van der Waals surface area contributed by atoms with Crippen molar-refractivity contribution in [1.82, 2.24) is 10.2 Å². The zero-order chi connectivity index (χ0) is 14.8. The molecule has 0 heterocycles. The zero-order valence-corrected chi connectivity index (χ0v) is 13.8. The second-order valence-corrected chi connectivity index (χ2v) is 5.42. The number of benzene rings is 1. The summed E-state index contributed by atoms with van der Waals surface area (Å²) in [4.78, 5) is 2.50. The highest BCUT2D eigenvalue weighted by molar-refractivity contribution is 5.25. The summed E-state index contributed by atoms with van der Waals surface area (Å²) in [5, 5.41) is 3.70. The van der Waals surface area contributed by atoms with Gasteiger partial charge in [0.1, 0.15) is 0 Å². The van der Waals surface area contributed by atoms with Gasteiger partial charge in [-0.25, -0.2) is 0 Å². The molecule has 1 aromatic carbocycles. The van der Waals surface area contributed by atoms with Gasteiger partial charge in [0.05, 0.1) is 0 Å². The lowest BCUT2D eigenvalue weighted by Crippen LogP contribution is -2.29. The predicted octanol–water partition coefficient (Wildman–Crippen LogP) is 4.02. The number of nitrogens with zero attached hydrogens (tertiary/aromatic N) is 1. The molecule has 0 aliphatic heterocycles. The zero-order valence-electron chi connectivity index (χ0n) is 13.8. The SMILES string of the molecule is CCCNC(CCN(CC)CC)c1ccc(CC)cc1. The van der Waals surface area contributed by atoms with Gasteiger partial charge in [0.2, 0.25) is 0 Å². The van der Waals surface area contributed by atoms with Gasteiger partial charge in [-0.15, -0.1) is 0 Å². The van der Waals surface area contributed by atoms with Gasteiger partial charge in [-0.3, -0.25) is 0 Å². The molecule has 1 aromatic rings. The third kappa shape index (κ3) is 5.64. The van der Waals surface area contributed by atoms with Gasteiger partial charge in [0.25, 0.3) is 0 Å². The van der Waals surface area contributed by atoms with E-state index >= 15 is 0 Å². The van der Waals surface area contributed by atoms with E-state index in [0.29, 0.717) is 6.04 Å². The molecule has 2 nitrogen and oxygen atoms in total. The lowest BCUT2D eigenvalue weighted by molar-refractivity contribution is 0.282. The molecule has 1 N–H and O–H groups in total. The average molecular weight is 276 g/mol. The minimum atomic E-state index is 0.487. The second kappa shape index (κ2) is 9.95. The van der Waals surface area contributed by atoms with Crippen molar-refractivity contribution in [1.29, 1.82) is 0 Å². The normalized spacial score (nSPS) is 12.8. The fourth-order valence-corrected chi connectivity index (χ4v) is 2.54. The molecule has 1 unspecified atom stereocenters. The van der Waals surface area contributed by atoms with Crippen LogP contribution in [-0.2, 0) is 6.42 Å². The van der Waals surface area contributed by atoms with Gasteiger partial charge < -0.3 is 10.2 Å². The van der Waals surface area contributed by atoms with Crippen LogP contribution in [0.1, 0.15) is 57.7 Å². The van der Waals surface area contributed by atoms with Crippen LogP contribution in [0.15, 0.2) is 24.3 Å². The first-order chi connectivity index (χ1) is 9.74. The predicted molar refractivity (Wildman–Crippen MR) is 89.3 cm³/mol. The third-order valence-electron chi connectivity index (χ3n) is 4.06. The van der Waals surface area contributed by atoms with E-state index in [1.807, 2.05) is 0 Å². The maximum atomic E-state index is 3.70. The number of hydrogen-bond donors (Lipinski definition) is 1. The summed E-state index contributed by atoms with van der Waals surface area (Å²) >= 11 is 0. The van der Waals surface area contributed by atoms with Crippen LogP contribution in [0.5, 0.6) is 0 Å². The summed E-state index contributed by atoms with van der Waals surface area (Å²) in [6, 6.07) is 9.63. The molecule has 0 aliphatic rings. The Hall–Kier alpha value is -0.860. The van der Waals surface area contributed by atoms with Gasteiger partial charge in [0.15, 0.2) is 0 Å². The standard InChI is InChI=1S/C18H32N2/c1-5-14-19-18(13-15-20(7-3)8-4)17-11-9-16(6-2)10-12-17/h9-12,18-19H,5-8,13-15H2,1-4H3. The van der Waals surface area contributed by atoms with Crippen LogP contribution in [0, 0.1) is 0 Å². The summed E-state index contributed by atoms with van der Waals surface area (Å²) in [6.07, 6.45) is 3.49. The number of rotatable bonds is 10. The Labute approximate surface area is 125 Å². The van der Waals surface area contributed by atoms with Crippen molar-refractivity contribution in [3.05, 3.63) is 35.4 Å². The van der Waals surface area contributed by atoms with Crippen LogP contribution in [0.4, 0.5) is 0 Å². The summed E-state index contributed by atoms with van der Waals surface area (Å²) in [5.74, 6) is 0. The van der Waals surface area contributed by atoms with Gasteiger partial charge in [-0.2, -0.15) is 0 Å². The maximum absolute atomic E-state index is 3.70. The Morgan fingerprint density at radius 3 is 2.15 bits per heavy atom. The van der Waals surface area contributed by atoms with Crippen molar-refractivity contribution < 1.29 is 0 Å². The highest BCUT2D eigenvalue weighted by atomic mass is 15.1. The van der Waals surface area contributed by atoms with Crippen LogP contribution in [-0.4, -0.2) is 31.1 Å². The van der Waals surface area contributed by atoms with E-state index in [2.05, 4.69) is 62.2 Å². The van der Waals surface area contributed by atoms with Gasteiger partial charge in [-0.05, 0) is 56.6 Å². The molecule has 1 atom stereocenters. The van der Waals surface area contributed by atoms with Crippen LogP contribution in [0.3, 0.4) is 0 Å². The van der Waals surface area contributed by atoms with E-state index in [9.17, 15) is 0 Å². The van der Waals surface area contributed by atoms with Crippen molar-refractivity contribution in [3.8, 4) is 0 Å². The minimum absolute atomic E-state index is 0.487. The first-order valence-corrected chi connectivity index (χ1v) is 8.29. The number of hydrogen-bond acceptors (Lipinski definition) is 2. The summed E-state index contributed by atoms with van der Waals surface area (Å²) in [5.41, 5.74) is 2.86. The average Bonchev–Trinajstić information content (AvgIpc) is 2.51. The Morgan fingerprint density at radius 2 is 1.65 bits per heavy atom. The summed E-state index contributed by atoms with van der Waals surface area (Å²) in [6.45, 7) is 13.5. The van der Waals surface area contributed by atoms with Gasteiger partial charge in [0, 0.05) is 6.04 Å². The molecule has 114 valence electrons. The van der Waals surface area contributed by atoms with Crippen LogP contribution >= 0.6 is 0 Å². The lowest BCUT2D eigenvalue weighted by atomic mass is 10.0. The summed E-state index contributed by atoms with van der Waals surface area (Å²) < 4.78 is 0. The first-order valence-electron chi connectivity index (χ1n) is 8.29. The topological polar surface area (TPSA) is 15.3 Å². The Kier molecular flexibility index (Phi) is 8.56. The van der Waals surface area contributed by atoms with Crippen molar-refractivity contribution in [2.24, 2.45) is 0 Å². The molecule has 0 spiro atoms. The fraction of sp³-hybridized carbons (Fsp3) is 0.667. The molecule has 0 amide bonds. The van der Waals surface area contributed by atoms with Crippen molar-refractivity contribution in [3.63, 3.8) is 0 Å². The smallest absolute Gasteiger partial charge is 0.0332 e.